The summed E-state index contributed by atoms with van der Waals surface area (Å²) in [5, 5.41) is 11.9. The Morgan fingerprint density at radius 2 is 2.00 bits per heavy atom. The van der Waals surface area contributed by atoms with Crippen LogP contribution in [0.15, 0.2) is 24.3 Å². The first-order valence-corrected chi connectivity index (χ1v) is 7.65. The zero-order valence-electron chi connectivity index (χ0n) is 13.1. The molecule has 0 atom stereocenters. The van der Waals surface area contributed by atoms with Gasteiger partial charge in [-0.3, -0.25) is 4.79 Å². The summed E-state index contributed by atoms with van der Waals surface area (Å²) >= 11 is 0. The number of rotatable bonds is 4. The van der Waals surface area contributed by atoms with Crippen LogP contribution in [-0.2, 0) is 17.6 Å². The third kappa shape index (κ3) is 2.65. The quantitative estimate of drug-likeness (QED) is 0.758. The molecule has 0 fully saturated rings. The lowest BCUT2D eigenvalue weighted by molar-refractivity contribution is -0.110. The van der Waals surface area contributed by atoms with E-state index in [-0.39, 0.29) is 11.5 Å². The number of aromatic amines is 1. The third-order valence-electron chi connectivity index (χ3n) is 4.09. The van der Waals surface area contributed by atoms with Gasteiger partial charge in [0.25, 0.3) is 5.91 Å². The third-order valence-corrected chi connectivity index (χ3v) is 4.09. The molecule has 2 heterocycles. The van der Waals surface area contributed by atoms with Gasteiger partial charge in [-0.05, 0) is 48.7 Å². The number of carboxylic acid groups (broad SMARTS) is 1. The molecule has 0 saturated carbocycles. The van der Waals surface area contributed by atoms with Crippen molar-refractivity contribution in [1.29, 1.82) is 0 Å². The summed E-state index contributed by atoms with van der Waals surface area (Å²) in [4.78, 5) is 26.7. The second kappa shape index (κ2) is 5.76. The van der Waals surface area contributed by atoms with Crippen LogP contribution in [0.25, 0.3) is 11.6 Å². The number of hydrogen-bond acceptors (Lipinski definition) is 2. The van der Waals surface area contributed by atoms with Crippen molar-refractivity contribution in [2.75, 3.05) is 5.32 Å². The van der Waals surface area contributed by atoms with E-state index in [0.29, 0.717) is 16.8 Å². The van der Waals surface area contributed by atoms with E-state index in [4.69, 9.17) is 5.11 Å². The molecule has 0 bridgehead atoms. The molecule has 1 amide bonds. The normalized spacial score (nSPS) is 14.9. The van der Waals surface area contributed by atoms with E-state index in [0.717, 1.165) is 29.8 Å². The van der Waals surface area contributed by atoms with Crippen LogP contribution >= 0.6 is 0 Å². The molecule has 0 unspecified atom stereocenters. The van der Waals surface area contributed by atoms with E-state index < -0.39 is 5.97 Å². The monoisotopic (exact) mass is 310 g/mol. The number of fused-ring (bicyclic) bond motifs is 1. The molecule has 2 aromatic rings. The lowest BCUT2D eigenvalue weighted by Gasteiger charge is -2.01. The molecule has 1 aromatic carbocycles. The number of aryl methyl sites for hydroxylation is 2. The Hall–Kier alpha value is -2.82. The number of benzene rings is 1. The summed E-state index contributed by atoms with van der Waals surface area (Å²) in [5.74, 6) is -1.22. The first-order valence-electron chi connectivity index (χ1n) is 7.65. The molecule has 118 valence electrons. The van der Waals surface area contributed by atoms with Crippen molar-refractivity contribution in [3.05, 3.63) is 52.3 Å². The lowest BCUT2D eigenvalue weighted by atomic mass is 10.0. The zero-order chi connectivity index (χ0) is 16.6. The van der Waals surface area contributed by atoms with Gasteiger partial charge in [0, 0.05) is 22.6 Å². The molecular formula is C18H18N2O3. The van der Waals surface area contributed by atoms with E-state index in [9.17, 15) is 9.59 Å². The molecule has 5 heteroatoms. The molecule has 0 saturated heterocycles. The van der Waals surface area contributed by atoms with E-state index in [2.05, 4.69) is 30.2 Å². The number of aromatic nitrogens is 1. The SMILES string of the molecule is CCc1cc(CC)c(C=C2C(=O)Nc3ccc(C(=O)O)cc32)[nH]1. The average Bonchev–Trinajstić information content (AvgIpc) is 3.08. The van der Waals surface area contributed by atoms with Crippen LogP contribution in [0.4, 0.5) is 5.69 Å². The average molecular weight is 310 g/mol. The fourth-order valence-corrected chi connectivity index (χ4v) is 2.80. The molecule has 3 rings (SSSR count). The van der Waals surface area contributed by atoms with E-state index in [1.54, 1.807) is 6.07 Å². The molecule has 3 N–H and O–H groups in total. The second-order valence-electron chi connectivity index (χ2n) is 5.52. The minimum atomic E-state index is -1.01. The summed E-state index contributed by atoms with van der Waals surface area (Å²) in [6.07, 6.45) is 3.56. The highest BCUT2D eigenvalue weighted by Crippen LogP contribution is 2.34. The zero-order valence-corrected chi connectivity index (χ0v) is 13.1. The summed E-state index contributed by atoms with van der Waals surface area (Å²) < 4.78 is 0. The number of hydrogen-bond donors (Lipinski definition) is 3. The lowest BCUT2D eigenvalue weighted by Crippen LogP contribution is -2.03. The summed E-state index contributed by atoms with van der Waals surface area (Å²) in [7, 11) is 0. The van der Waals surface area contributed by atoms with Crippen molar-refractivity contribution < 1.29 is 14.7 Å². The largest absolute Gasteiger partial charge is 0.478 e. The molecule has 23 heavy (non-hydrogen) atoms. The molecule has 5 nitrogen and oxygen atoms in total. The highest BCUT2D eigenvalue weighted by atomic mass is 16.4. The highest BCUT2D eigenvalue weighted by molar-refractivity contribution is 6.35. The minimum absolute atomic E-state index is 0.169. The van der Waals surface area contributed by atoms with Gasteiger partial charge in [-0.1, -0.05) is 13.8 Å². The topological polar surface area (TPSA) is 82.2 Å². The van der Waals surface area contributed by atoms with Gasteiger partial charge < -0.3 is 15.4 Å². The van der Waals surface area contributed by atoms with Crippen LogP contribution < -0.4 is 5.32 Å². The Morgan fingerprint density at radius 1 is 1.22 bits per heavy atom. The number of H-pyrrole nitrogens is 1. The van der Waals surface area contributed by atoms with Crippen LogP contribution in [0.2, 0.25) is 0 Å². The van der Waals surface area contributed by atoms with Gasteiger partial charge in [0.1, 0.15) is 0 Å². The molecular weight excluding hydrogens is 292 g/mol. The number of carbonyl (C=O) groups is 2. The van der Waals surface area contributed by atoms with Crippen molar-refractivity contribution in [3.63, 3.8) is 0 Å². The van der Waals surface area contributed by atoms with E-state index in [1.807, 2.05) is 6.08 Å². The van der Waals surface area contributed by atoms with Gasteiger partial charge in [-0.15, -0.1) is 0 Å². The van der Waals surface area contributed by atoms with E-state index in [1.165, 1.54) is 12.1 Å². The van der Waals surface area contributed by atoms with Crippen molar-refractivity contribution in [1.82, 2.24) is 4.98 Å². The number of nitrogens with one attached hydrogen (secondary N) is 2. The van der Waals surface area contributed by atoms with Crippen LogP contribution in [0, 0.1) is 0 Å². The van der Waals surface area contributed by atoms with Crippen LogP contribution in [0.3, 0.4) is 0 Å². The number of carbonyl (C=O) groups excluding carboxylic acids is 1. The standard InChI is InChI=1S/C18H18N2O3/c1-3-10-7-12(4-2)19-16(10)9-14-13-8-11(18(22)23)5-6-15(13)20-17(14)21/h5-9,19H,3-4H2,1-2H3,(H,20,21)(H,22,23). The van der Waals surface area contributed by atoms with Crippen molar-refractivity contribution in [2.45, 2.75) is 26.7 Å². The number of aromatic carboxylic acids is 1. The van der Waals surface area contributed by atoms with Gasteiger partial charge in [-0.25, -0.2) is 4.79 Å². The predicted octanol–water partition coefficient (Wildman–Crippen LogP) is 3.33. The van der Waals surface area contributed by atoms with Crippen LogP contribution in [0.5, 0.6) is 0 Å². The Kier molecular flexibility index (Phi) is 3.78. The van der Waals surface area contributed by atoms with Crippen molar-refractivity contribution >= 4 is 29.2 Å². The Bertz CT molecular complexity index is 831. The predicted molar refractivity (Wildman–Crippen MR) is 89.5 cm³/mol. The number of amides is 1. The smallest absolute Gasteiger partial charge is 0.335 e. The van der Waals surface area contributed by atoms with Gasteiger partial charge in [-0.2, -0.15) is 0 Å². The van der Waals surface area contributed by atoms with Gasteiger partial charge in [0.15, 0.2) is 0 Å². The van der Waals surface area contributed by atoms with Crippen LogP contribution in [-0.4, -0.2) is 22.0 Å². The molecule has 0 spiro atoms. The van der Waals surface area contributed by atoms with Crippen LogP contribution in [0.1, 0.15) is 46.7 Å². The first kappa shape index (κ1) is 15.1. The number of carboxylic acids is 1. The fourth-order valence-electron chi connectivity index (χ4n) is 2.80. The summed E-state index contributed by atoms with van der Waals surface area (Å²) in [6.45, 7) is 4.13. The minimum Gasteiger partial charge on any atom is -0.478 e. The van der Waals surface area contributed by atoms with Gasteiger partial charge in [0.05, 0.1) is 11.1 Å². The second-order valence-corrected chi connectivity index (χ2v) is 5.52. The summed E-state index contributed by atoms with van der Waals surface area (Å²) in [6, 6.07) is 6.76. The Balaban J connectivity index is 2.11. The van der Waals surface area contributed by atoms with E-state index >= 15 is 0 Å². The number of anilines is 1. The maximum Gasteiger partial charge on any atom is 0.335 e. The van der Waals surface area contributed by atoms with Crippen molar-refractivity contribution in [2.24, 2.45) is 0 Å². The molecule has 1 aromatic heterocycles. The van der Waals surface area contributed by atoms with Gasteiger partial charge >= 0.3 is 5.97 Å². The first-order chi connectivity index (χ1) is 11.0. The molecule has 1 aliphatic heterocycles. The van der Waals surface area contributed by atoms with Gasteiger partial charge in [0.2, 0.25) is 0 Å². The fraction of sp³-hybridized carbons (Fsp3) is 0.222. The van der Waals surface area contributed by atoms with Crippen molar-refractivity contribution in [3.8, 4) is 0 Å². The molecule has 1 aliphatic rings. The maximum absolute atomic E-state index is 12.3. The maximum atomic E-state index is 12.3. The summed E-state index contributed by atoms with van der Waals surface area (Å²) in [5.41, 5.74) is 5.10. The molecule has 0 aliphatic carbocycles. The molecule has 0 radical (unpaired) electrons. The Labute approximate surface area is 134 Å². The highest BCUT2D eigenvalue weighted by Gasteiger charge is 2.25. The Morgan fingerprint density at radius 3 is 2.65 bits per heavy atom.